The monoisotopic (exact) mass is 429 g/mol. The smallest absolute Gasteiger partial charge is 0.278 e. The molecule has 0 saturated heterocycles. The van der Waals surface area contributed by atoms with E-state index in [0.717, 1.165) is 17.5 Å². The number of aromatic nitrogens is 5. The summed E-state index contributed by atoms with van der Waals surface area (Å²) in [7, 11) is -3.26. The molecule has 0 fully saturated rings. The SMILES string of the molecule is Cc1cc(-c2nc(-c3ccc(S(C)(=O)=O)cc3)no2)nn1Cc1ccc(Cl)nc1. The Labute approximate surface area is 172 Å². The lowest BCUT2D eigenvalue weighted by Crippen LogP contribution is -2.04. The van der Waals surface area contributed by atoms with Crippen LogP contribution in [-0.4, -0.2) is 39.6 Å². The van der Waals surface area contributed by atoms with Crippen molar-refractivity contribution in [1.29, 1.82) is 0 Å². The Kier molecular flexibility index (Phi) is 4.93. The third-order valence-corrected chi connectivity index (χ3v) is 5.64. The molecule has 0 aliphatic heterocycles. The van der Waals surface area contributed by atoms with Crippen molar-refractivity contribution in [2.75, 3.05) is 6.26 Å². The van der Waals surface area contributed by atoms with Gasteiger partial charge >= 0.3 is 0 Å². The van der Waals surface area contributed by atoms with Crippen LogP contribution in [0.4, 0.5) is 0 Å². The van der Waals surface area contributed by atoms with Crippen molar-refractivity contribution in [3.05, 3.63) is 65.1 Å². The van der Waals surface area contributed by atoms with Crippen LogP contribution in [0.25, 0.3) is 23.0 Å². The normalized spacial score (nSPS) is 11.7. The van der Waals surface area contributed by atoms with Crippen LogP contribution in [0.5, 0.6) is 0 Å². The molecule has 0 bridgehead atoms. The fourth-order valence-electron chi connectivity index (χ4n) is 2.74. The molecule has 0 amide bonds. The summed E-state index contributed by atoms with van der Waals surface area (Å²) in [5, 5.41) is 8.95. The summed E-state index contributed by atoms with van der Waals surface area (Å²) >= 11 is 5.82. The summed E-state index contributed by atoms with van der Waals surface area (Å²) in [5.74, 6) is 0.637. The Hall–Kier alpha value is -3.04. The number of nitrogens with zero attached hydrogens (tertiary/aromatic N) is 5. The minimum Gasteiger partial charge on any atom is -0.332 e. The van der Waals surface area contributed by atoms with Crippen molar-refractivity contribution >= 4 is 21.4 Å². The van der Waals surface area contributed by atoms with Gasteiger partial charge in [0, 0.05) is 23.7 Å². The summed E-state index contributed by atoms with van der Waals surface area (Å²) in [4.78, 5) is 8.69. The Morgan fingerprint density at radius 3 is 2.55 bits per heavy atom. The molecule has 0 atom stereocenters. The highest BCUT2D eigenvalue weighted by Gasteiger charge is 2.16. The number of halogens is 1. The standard InChI is InChI=1S/C19H16ClN5O3S/c1-12-9-16(23-25(12)11-13-3-8-17(20)21-10-13)19-22-18(24-28-19)14-4-6-15(7-5-14)29(2,26)27/h3-10H,11H2,1-2H3. The van der Waals surface area contributed by atoms with Crippen LogP contribution >= 0.6 is 11.6 Å². The Bertz CT molecular complexity index is 1260. The van der Waals surface area contributed by atoms with Gasteiger partial charge in [-0.2, -0.15) is 10.1 Å². The van der Waals surface area contributed by atoms with E-state index in [1.54, 1.807) is 24.4 Å². The summed E-state index contributed by atoms with van der Waals surface area (Å²) in [5.41, 5.74) is 3.09. The molecule has 4 aromatic rings. The minimum atomic E-state index is -3.26. The van der Waals surface area contributed by atoms with Crippen LogP contribution in [0.1, 0.15) is 11.3 Å². The van der Waals surface area contributed by atoms with Crippen molar-refractivity contribution in [2.45, 2.75) is 18.4 Å². The van der Waals surface area contributed by atoms with Gasteiger partial charge in [0.25, 0.3) is 5.89 Å². The lowest BCUT2D eigenvalue weighted by Gasteiger charge is -2.03. The van der Waals surface area contributed by atoms with Gasteiger partial charge < -0.3 is 4.52 Å². The van der Waals surface area contributed by atoms with Crippen molar-refractivity contribution in [1.82, 2.24) is 24.9 Å². The van der Waals surface area contributed by atoms with E-state index in [1.165, 1.54) is 12.1 Å². The molecule has 3 aromatic heterocycles. The summed E-state index contributed by atoms with van der Waals surface area (Å²) in [6.45, 7) is 2.46. The summed E-state index contributed by atoms with van der Waals surface area (Å²) < 4.78 is 30.3. The highest BCUT2D eigenvalue weighted by Crippen LogP contribution is 2.23. The summed E-state index contributed by atoms with van der Waals surface area (Å²) in [6.07, 6.45) is 2.86. The third kappa shape index (κ3) is 4.20. The topological polar surface area (TPSA) is 104 Å². The van der Waals surface area contributed by atoms with E-state index in [9.17, 15) is 8.42 Å². The summed E-state index contributed by atoms with van der Waals surface area (Å²) in [6, 6.07) is 11.8. The number of sulfone groups is 1. The zero-order valence-corrected chi connectivity index (χ0v) is 17.1. The predicted molar refractivity (Wildman–Crippen MR) is 107 cm³/mol. The molecule has 0 aliphatic rings. The van der Waals surface area contributed by atoms with Crippen molar-refractivity contribution in [2.24, 2.45) is 0 Å². The van der Waals surface area contributed by atoms with Gasteiger partial charge in [0.05, 0.1) is 11.4 Å². The van der Waals surface area contributed by atoms with Crippen LogP contribution in [0.3, 0.4) is 0 Å². The van der Waals surface area contributed by atoms with Gasteiger partial charge in [0.2, 0.25) is 5.82 Å². The zero-order valence-electron chi connectivity index (χ0n) is 15.6. The van der Waals surface area contributed by atoms with E-state index < -0.39 is 9.84 Å². The first-order valence-electron chi connectivity index (χ1n) is 8.59. The van der Waals surface area contributed by atoms with E-state index in [0.29, 0.717) is 28.8 Å². The molecule has 0 aliphatic carbocycles. The second-order valence-corrected chi connectivity index (χ2v) is 8.94. The molecule has 3 heterocycles. The average Bonchev–Trinajstić information content (AvgIpc) is 3.30. The highest BCUT2D eigenvalue weighted by atomic mass is 35.5. The molecule has 4 rings (SSSR count). The molecule has 0 radical (unpaired) electrons. The largest absolute Gasteiger partial charge is 0.332 e. The van der Waals surface area contributed by atoms with E-state index in [-0.39, 0.29) is 10.8 Å². The molecule has 10 heteroatoms. The second-order valence-electron chi connectivity index (χ2n) is 6.54. The Morgan fingerprint density at radius 1 is 1.14 bits per heavy atom. The molecule has 0 saturated carbocycles. The lowest BCUT2D eigenvalue weighted by atomic mass is 10.2. The van der Waals surface area contributed by atoms with Gasteiger partial charge in [-0.05, 0) is 48.9 Å². The molecular weight excluding hydrogens is 414 g/mol. The average molecular weight is 430 g/mol. The van der Waals surface area contributed by atoms with Crippen molar-refractivity contribution in [3.63, 3.8) is 0 Å². The van der Waals surface area contributed by atoms with Crippen molar-refractivity contribution in [3.8, 4) is 23.0 Å². The molecular formula is C19H16ClN5O3S. The minimum absolute atomic E-state index is 0.232. The van der Waals surface area contributed by atoms with E-state index in [4.69, 9.17) is 16.1 Å². The van der Waals surface area contributed by atoms with Gasteiger partial charge in [-0.15, -0.1) is 0 Å². The molecule has 0 N–H and O–H groups in total. The fraction of sp³-hybridized carbons (Fsp3) is 0.158. The molecule has 1 aromatic carbocycles. The maximum absolute atomic E-state index is 11.6. The Morgan fingerprint density at radius 2 is 1.90 bits per heavy atom. The van der Waals surface area contributed by atoms with Gasteiger partial charge in [0.1, 0.15) is 5.15 Å². The first-order valence-corrected chi connectivity index (χ1v) is 10.9. The first-order chi connectivity index (χ1) is 13.8. The van der Waals surface area contributed by atoms with Crippen LogP contribution < -0.4 is 0 Å². The van der Waals surface area contributed by atoms with Crippen LogP contribution in [-0.2, 0) is 16.4 Å². The van der Waals surface area contributed by atoms with Crippen LogP contribution in [0.2, 0.25) is 5.15 Å². The maximum Gasteiger partial charge on any atom is 0.278 e. The number of aryl methyl sites for hydroxylation is 1. The van der Waals surface area contributed by atoms with Crippen LogP contribution in [0, 0.1) is 6.92 Å². The van der Waals surface area contributed by atoms with E-state index >= 15 is 0 Å². The highest BCUT2D eigenvalue weighted by molar-refractivity contribution is 7.90. The zero-order chi connectivity index (χ0) is 20.6. The molecule has 0 unspecified atom stereocenters. The number of benzene rings is 1. The van der Waals surface area contributed by atoms with Gasteiger partial charge in [-0.3, -0.25) is 4.68 Å². The number of rotatable bonds is 5. The molecule has 148 valence electrons. The van der Waals surface area contributed by atoms with Gasteiger partial charge in [-0.25, -0.2) is 13.4 Å². The lowest BCUT2D eigenvalue weighted by molar-refractivity contribution is 0.430. The number of pyridine rings is 1. The van der Waals surface area contributed by atoms with Gasteiger partial charge in [-0.1, -0.05) is 22.8 Å². The number of hydrogen-bond acceptors (Lipinski definition) is 7. The first kappa shape index (κ1) is 19.3. The van der Waals surface area contributed by atoms with Gasteiger partial charge in [0.15, 0.2) is 15.5 Å². The fourth-order valence-corrected chi connectivity index (χ4v) is 3.49. The third-order valence-electron chi connectivity index (χ3n) is 4.29. The maximum atomic E-state index is 11.6. The predicted octanol–water partition coefficient (Wildman–Crippen LogP) is 3.41. The van der Waals surface area contributed by atoms with E-state index in [1.807, 2.05) is 23.7 Å². The second kappa shape index (κ2) is 7.41. The Balaban J connectivity index is 1.57. The number of hydrogen-bond donors (Lipinski definition) is 0. The quantitative estimate of drug-likeness (QED) is 0.447. The molecule has 0 spiro atoms. The van der Waals surface area contributed by atoms with E-state index in [2.05, 4.69) is 20.2 Å². The van der Waals surface area contributed by atoms with Crippen molar-refractivity contribution < 1.29 is 12.9 Å². The van der Waals surface area contributed by atoms with Crippen LogP contribution in [0.15, 0.2) is 58.1 Å². The molecule has 8 nitrogen and oxygen atoms in total. The molecule has 29 heavy (non-hydrogen) atoms.